The summed E-state index contributed by atoms with van der Waals surface area (Å²) in [5.74, 6) is -0.313. The molecule has 0 saturated carbocycles. The maximum atomic E-state index is 10.8. The minimum Gasteiger partial charge on any atom is -0.478 e. The summed E-state index contributed by atoms with van der Waals surface area (Å²) in [5, 5.41) is 12.1. The largest absolute Gasteiger partial charge is 0.478 e. The van der Waals surface area contributed by atoms with E-state index >= 15 is 0 Å². The van der Waals surface area contributed by atoms with E-state index in [1.54, 1.807) is 6.08 Å². The number of carboxylic acid groups (broad SMARTS) is 1. The van der Waals surface area contributed by atoms with Gasteiger partial charge >= 0.3 is 5.97 Å². The molecule has 3 heteroatoms. The standard InChI is InChI=1S/C15H21NO2/c1-4-12(15(17)18)9-10-16-14-7-5-13(6-8-14)11(2)3/h5-9,11,16H,4,10H2,1-3H3,(H,17,18)/b12-9-. The first-order valence-corrected chi connectivity index (χ1v) is 6.30. The van der Waals surface area contributed by atoms with Gasteiger partial charge in [-0.15, -0.1) is 0 Å². The van der Waals surface area contributed by atoms with Crippen LogP contribution in [0.5, 0.6) is 0 Å². The van der Waals surface area contributed by atoms with Gasteiger partial charge in [0.05, 0.1) is 0 Å². The van der Waals surface area contributed by atoms with Crippen molar-refractivity contribution in [2.75, 3.05) is 11.9 Å². The molecular weight excluding hydrogens is 226 g/mol. The Bertz CT molecular complexity index is 419. The summed E-state index contributed by atoms with van der Waals surface area (Å²) in [6.07, 6.45) is 2.27. The Hall–Kier alpha value is -1.77. The second kappa shape index (κ2) is 6.84. The van der Waals surface area contributed by atoms with Crippen LogP contribution in [0.15, 0.2) is 35.9 Å². The van der Waals surface area contributed by atoms with Crippen molar-refractivity contribution in [1.82, 2.24) is 0 Å². The summed E-state index contributed by atoms with van der Waals surface area (Å²) in [7, 11) is 0. The van der Waals surface area contributed by atoms with E-state index in [0.29, 0.717) is 24.5 Å². The summed E-state index contributed by atoms with van der Waals surface area (Å²) in [6.45, 7) is 6.70. The van der Waals surface area contributed by atoms with E-state index < -0.39 is 5.97 Å². The highest BCUT2D eigenvalue weighted by molar-refractivity contribution is 5.86. The predicted molar refractivity (Wildman–Crippen MR) is 75.0 cm³/mol. The lowest BCUT2D eigenvalue weighted by atomic mass is 10.0. The van der Waals surface area contributed by atoms with Crippen molar-refractivity contribution in [1.29, 1.82) is 0 Å². The number of benzene rings is 1. The van der Waals surface area contributed by atoms with Crippen molar-refractivity contribution in [2.24, 2.45) is 0 Å². The molecule has 0 heterocycles. The van der Waals surface area contributed by atoms with Crippen LogP contribution in [0.25, 0.3) is 0 Å². The summed E-state index contributed by atoms with van der Waals surface area (Å²) in [5.41, 5.74) is 2.76. The predicted octanol–water partition coefficient (Wildman–Crippen LogP) is 3.64. The molecule has 0 saturated heterocycles. The minimum absolute atomic E-state index is 0.446. The second-order valence-corrected chi connectivity index (χ2v) is 4.55. The fraction of sp³-hybridized carbons (Fsp3) is 0.400. The number of carboxylic acids is 1. The molecule has 0 aliphatic heterocycles. The van der Waals surface area contributed by atoms with Crippen LogP contribution < -0.4 is 5.32 Å². The van der Waals surface area contributed by atoms with Gasteiger partial charge in [-0.05, 0) is 30.0 Å². The Morgan fingerprint density at radius 3 is 2.39 bits per heavy atom. The Morgan fingerprint density at radius 1 is 1.33 bits per heavy atom. The van der Waals surface area contributed by atoms with Crippen molar-refractivity contribution in [3.63, 3.8) is 0 Å². The van der Waals surface area contributed by atoms with E-state index in [-0.39, 0.29) is 0 Å². The molecule has 0 spiro atoms. The molecule has 0 atom stereocenters. The van der Waals surface area contributed by atoms with Gasteiger partial charge in [-0.3, -0.25) is 0 Å². The average Bonchev–Trinajstić information content (AvgIpc) is 2.34. The third-order valence-electron chi connectivity index (χ3n) is 2.89. The fourth-order valence-corrected chi connectivity index (χ4v) is 1.66. The molecule has 0 amide bonds. The zero-order valence-electron chi connectivity index (χ0n) is 11.2. The van der Waals surface area contributed by atoms with E-state index in [2.05, 4.69) is 31.3 Å². The molecule has 0 aromatic heterocycles. The van der Waals surface area contributed by atoms with Crippen molar-refractivity contribution in [3.8, 4) is 0 Å². The number of aliphatic carboxylic acids is 1. The molecule has 3 nitrogen and oxygen atoms in total. The zero-order valence-corrected chi connectivity index (χ0v) is 11.2. The second-order valence-electron chi connectivity index (χ2n) is 4.55. The Morgan fingerprint density at radius 2 is 1.94 bits per heavy atom. The summed E-state index contributed by atoms with van der Waals surface area (Å²) < 4.78 is 0. The van der Waals surface area contributed by atoms with E-state index in [9.17, 15) is 4.79 Å². The number of anilines is 1. The Labute approximate surface area is 109 Å². The van der Waals surface area contributed by atoms with Crippen LogP contribution in [-0.4, -0.2) is 17.6 Å². The molecule has 0 bridgehead atoms. The minimum atomic E-state index is -0.838. The summed E-state index contributed by atoms with van der Waals surface area (Å²) in [4.78, 5) is 10.8. The maximum absolute atomic E-state index is 10.8. The fourth-order valence-electron chi connectivity index (χ4n) is 1.66. The first-order chi connectivity index (χ1) is 8.54. The van der Waals surface area contributed by atoms with Crippen LogP contribution in [0.3, 0.4) is 0 Å². The summed E-state index contributed by atoms with van der Waals surface area (Å²) in [6, 6.07) is 8.23. The van der Waals surface area contributed by atoms with E-state index in [1.165, 1.54) is 5.56 Å². The van der Waals surface area contributed by atoms with Gasteiger partial charge < -0.3 is 10.4 Å². The molecular formula is C15H21NO2. The SMILES string of the molecule is CC/C(=C/CNc1ccc(C(C)C)cc1)C(=O)O. The van der Waals surface area contributed by atoms with Crippen molar-refractivity contribution in [2.45, 2.75) is 33.1 Å². The zero-order chi connectivity index (χ0) is 13.5. The molecule has 0 aliphatic rings. The van der Waals surface area contributed by atoms with Crippen LogP contribution in [0.4, 0.5) is 5.69 Å². The van der Waals surface area contributed by atoms with Gasteiger partial charge in [-0.2, -0.15) is 0 Å². The van der Waals surface area contributed by atoms with Gasteiger partial charge in [0.15, 0.2) is 0 Å². The average molecular weight is 247 g/mol. The first-order valence-electron chi connectivity index (χ1n) is 6.30. The van der Waals surface area contributed by atoms with Gasteiger partial charge in [0.25, 0.3) is 0 Å². The molecule has 18 heavy (non-hydrogen) atoms. The van der Waals surface area contributed by atoms with Gasteiger partial charge in [-0.25, -0.2) is 4.79 Å². The highest BCUT2D eigenvalue weighted by Crippen LogP contribution is 2.17. The summed E-state index contributed by atoms with van der Waals surface area (Å²) >= 11 is 0. The third-order valence-corrected chi connectivity index (χ3v) is 2.89. The molecule has 1 aromatic carbocycles. The molecule has 2 N–H and O–H groups in total. The van der Waals surface area contributed by atoms with Crippen LogP contribution in [-0.2, 0) is 4.79 Å². The van der Waals surface area contributed by atoms with Gasteiger partial charge in [0.2, 0.25) is 0 Å². The number of hydrogen-bond acceptors (Lipinski definition) is 2. The van der Waals surface area contributed by atoms with Crippen LogP contribution in [0.1, 0.15) is 38.7 Å². The molecule has 98 valence electrons. The normalized spacial score (nSPS) is 11.7. The van der Waals surface area contributed by atoms with Crippen LogP contribution in [0.2, 0.25) is 0 Å². The molecule has 0 fully saturated rings. The van der Waals surface area contributed by atoms with Crippen molar-refractivity contribution >= 4 is 11.7 Å². The third kappa shape index (κ3) is 4.24. The van der Waals surface area contributed by atoms with E-state index in [0.717, 1.165) is 5.69 Å². The van der Waals surface area contributed by atoms with E-state index in [1.807, 2.05) is 19.1 Å². The Kier molecular flexibility index (Phi) is 5.43. The lowest BCUT2D eigenvalue weighted by Crippen LogP contribution is -2.04. The highest BCUT2D eigenvalue weighted by atomic mass is 16.4. The van der Waals surface area contributed by atoms with Gasteiger partial charge in [0, 0.05) is 17.8 Å². The van der Waals surface area contributed by atoms with Crippen LogP contribution >= 0.6 is 0 Å². The quantitative estimate of drug-likeness (QED) is 0.754. The number of rotatable bonds is 6. The Balaban J connectivity index is 2.56. The number of hydrogen-bond donors (Lipinski definition) is 2. The topological polar surface area (TPSA) is 49.3 Å². The number of nitrogens with one attached hydrogen (secondary N) is 1. The number of carbonyl (C=O) groups is 1. The van der Waals surface area contributed by atoms with Crippen molar-refractivity contribution < 1.29 is 9.90 Å². The lowest BCUT2D eigenvalue weighted by Gasteiger charge is -2.08. The van der Waals surface area contributed by atoms with Crippen molar-refractivity contribution in [3.05, 3.63) is 41.5 Å². The molecule has 0 unspecified atom stereocenters. The smallest absolute Gasteiger partial charge is 0.331 e. The molecule has 1 rings (SSSR count). The first kappa shape index (κ1) is 14.3. The molecule has 0 radical (unpaired) electrons. The van der Waals surface area contributed by atoms with E-state index in [4.69, 9.17) is 5.11 Å². The molecule has 1 aromatic rings. The monoisotopic (exact) mass is 247 g/mol. The maximum Gasteiger partial charge on any atom is 0.331 e. The lowest BCUT2D eigenvalue weighted by molar-refractivity contribution is -0.132. The van der Waals surface area contributed by atoms with Gasteiger partial charge in [0.1, 0.15) is 0 Å². The van der Waals surface area contributed by atoms with Gasteiger partial charge in [-0.1, -0.05) is 39.0 Å². The molecule has 0 aliphatic carbocycles. The van der Waals surface area contributed by atoms with Crippen LogP contribution in [0, 0.1) is 0 Å². The highest BCUT2D eigenvalue weighted by Gasteiger charge is 2.02.